The average molecular weight is 674 g/mol. The number of rotatable bonds is 7. The van der Waals surface area contributed by atoms with Gasteiger partial charge >= 0.3 is 12.1 Å². The van der Waals surface area contributed by atoms with Crippen LogP contribution in [0, 0.1) is 23.7 Å². The largest absolute Gasteiger partial charge is 0.457 e. The lowest BCUT2D eigenvalue weighted by atomic mass is 9.76. The van der Waals surface area contributed by atoms with E-state index in [4.69, 9.17) is 23.7 Å². The van der Waals surface area contributed by atoms with Gasteiger partial charge in [-0.3, -0.25) is 14.4 Å². The van der Waals surface area contributed by atoms with E-state index in [2.05, 4.69) is 23.4 Å². The number of ketones is 2. The summed E-state index contributed by atoms with van der Waals surface area (Å²) in [5, 5.41) is 0. The van der Waals surface area contributed by atoms with Gasteiger partial charge in [-0.1, -0.05) is 34.3 Å². The molecule has 6 unspecified atom stereocenters. The van der Waals surface area contributed by atoms with E-state index in [1.807, 2.05) is 27.9 Å². The van der Waals surface area contributed by atoms with Gasteiger partial charge in [-0.2, -0.15) is 0 Å². The second-order valence-electron chi connectivity index (χ2n) is 14.0. The molecule has 3 heterocycles. The minimum absolute atomic E-state index is 0.0540. The zero-order valence-electron chi connectivity index (χ0n) is 30.4. The molecule has 1 aromatic heterocycles. The Morgan fingerprint density at radius 2 is 1.85 bits per heavy atom. The number of Topliss-reactive ketones (excluding diaryl/α,β-unsaturated/α-hetero) is 2. The maximum Gasteiger partial charge on any atom is 0.420 e. The Morgan fingerprint density at radius 3 is 2.40 bits per heavy atom. The van der Waals surface area contributed by atoms with Crippen LogP contribution in [-0.4, -0.2) is 101 Å². The molecule has 0 amide bonds. The summed E-state index contributed by atoms with van der Waals surface area (Å²) in [6.07, 6.45) is 4.47. The molecule has 0 saturated carbocycles. The van der Waals surface area contributed by atoms with Crippen LogP contribution in [0.3, 0.4) is 0 Å². The highest BCUT2D eigenvalue weighted by molar-refractivity contribution is 6.00. The minimum atomic E-state index is -1.74. The lowest BCUT2D eigenvalue weighted by molar-refractivity contribution is -0.280. The first-order valence-electron chi connectivity index (χ1n) is 16.8. The van der Waals surface area contributed by atoms with Crippen LogP contribution in [0.1, 0.15) is 74.7 Å². The van der Waals surface area contributed by atoms with Gasteiger partial charge in [0.25, 0.3) is 0 Å². The number of esters is 1. The fourth-order valence-electron chi connectivity index (χ4n) is 7.12. The summed E-state index contributed by atoms with van der Waals surface area (Å²) < 4.78 is 32.2. The molecule has 0 aromatic carbocycles. The molecular formula is C36H55N3O9. The molecule has 1 fully saturated rings. The van der Waals surface area contributed by atoms with E-state index in [9.17, 15) is 19.2 Å². The molecule has 12 heteroatoms. The molecule has 3 rings (SSSR count). The third kappa shape index (κ3) is 8.33. The van der Waals surface area contributed by atoms with Crippen LogP contribution >= 0.6 is 0 Å². The van der Waals surface area contributed by atoms with Crippen molar-refractivity contribution in [3.63, 3.8) is 0 Å². The number of allylic oxidation sites excluding steroid dienone is 1. The highest BCUT2D eigenvalue weighted by Crippen LogP contribution is 2.39. The van der Waals surface area contributed by atoms with Gasteiger partial charge in [0.2, 0.25) is 0 Å². The number of hydrogen-bond acceptors (Lipinski definition) is 11. The van der Waals surface area contributed by atoms with E-state index in [-0.39, 0.29) is 42.3 Å². The molecule has 11 atom stereocenters. The number of carbonyl (C=O) groups is 4. The van der Waals surface area contributed by atoms with Crippen LogP contribution in [0.5, 0.6) is 0 Å². The van der Waals surface area contributed by atoms with E-state index in [0.717, 1.165) is 11.0 Å². The number of hydrogen-bond donors (Lipinski definition) is 0. The van der Waals surface area contributed by atoms with Crippen molar-refractivity contribution in [2.75, 3.05) is 21.2 Å². The van der Waals surface area contributed by atoms with Crippen molar-refractivity contribution in [1.29, 1.82) is 0 Å². The van der Waals surface area contributed by atoms with Gasteiger partial charge in [0.1, 0.15) is 18.3 Å². The van der Waals surface area contributed by atoms with Gasteiger partial charge in [0, 0.05) is 43.3 Å². The second-order valence-corrected chi connectivity index (χ2v) is 14.0. The fourth-order valence-corrected chi connectivity index (χ4v) is 7.12. The van der Waals surface area contributed by atoms with Crippen LogP contribution in [0.2, 0.25) is 0 Å². The molecule has 1 aromatic rings. The van der Waals surface area contributed by atoms with Crippen molar-refractivity contribution in [1.82, 2.24) is 14.5 Å². The number of nitrogens with zero attached hydrogens (tertiary/aromatic N) is 3. The standard InChI is InChI=1S/C36H55N3O9/c1-13-28-36(14-2,48-34(43)39-16-15-37-20-39)19-22(4)29(40)21(3)18-35(9,44-12)31(25(7)30(41)26(8)32(42)46-28)47-33-24(6)27(38(10)11)17-23(5)45-33/h14-16,19-21,23-28,31,33H,2,13,17-18H2,1,3-12H3/b22-19+/t21-,23?,24-,25?,26?,27?,28?,31-,33?,35+,36+/m1/s1. The van der Waals surface area contributed by atoms with E-state index < -0.39 is 65.3 Å². The maximum atomic E-state index is 14.2. The van der Waals surface area contributed by atoms with Gasteiger partial charge < -0.3 is 28.6 Å². The Morgan fingerprint density at radius 1 is 1.19 bits per heavy atom. The van der Waals surface area contributed by atoms with Crippen molar-refractivity contribution < 1.29 is 42.9 Å². The molecule has 0 bridgehead atoms. The molecule has 12 nitrogen and oxygen atoms in total. The molecule has 0 radical (unpaired) electrons. The normalized spacial score (nSPS) is 38.5. The Hall–Kier alpha value is -3.19. The molecule has 2 aliphatic rings. The summed E-state index contributed by atoms with van der Waals surface area (Å²) in [5.41, 5.74) is -2.63. The van der Waals surface area contributed by atoms with Gasteiger partial charge in [-0.25, -0.2) is 14.3 Å². The SMILES string of the molecule is C=C[C@]1(OC(=O)n2ccnc2)/C=C(\C)C(=O)[C@H](C)C[C@](C)(OC)[C@H](OC2OC(C)CC(N(C)C)[C@H]2C)C(C)C(=O)C(C)C(=O)OC1CC. The molecule has 1 saturated heterocycles. The highest BCUT2D eigenvalue weighted by Gasteiger charge is 2.50. The summed E-state index contributed by atoms with van der Waals surface area (Å²) in [5.74, 6) is -4.24. The van der Waals surface area contributed by atoms with Crippen molar-refractivity contribution >= 4 is 23.6 Å². The summed E-state index contributed by atoms with van der Waals surface area (Å²) in [4.78, 5) is 61.2. The van der Waals surface area contributed by atoms with Crippen molar-refractivity contribution in [2.24, 2.45) is 23.7 Å². The van der Waals surface area contributed by atoms with Crippen LogP contribution in [-0.2, 0) is 38.1 Å². The maximum absolute atomic E-state index is 14.2. The van der Waals surface area contributed by atoms with Gasteiger partial charge in [0.15, 0.2) is 23.5 Å². The number of methoxy groups -OCH3 is 1. The predicted molar refractivity (Wildman–Crippen MR) is 179 cm³/mol. The van der Waals surface area contributed by atoms with Crippen molar-refractivity contribution in [3.8, 4) is 0 Å². The molecule has 2 aliphatic heterocycles. The third-order valence-electron chi connectivity index (χ3n) is 10.1. The Labute approximate surface area is 285 Å². The Kier molecular flexibility index (Phi) is 13.1. The van der Waals surface area contributed by atoms with Crippen LogP contribution in [0.25, 0.3) is 0 Å². The van der Waals surface area contributed by atoms with E-state index in [1.165, 1.54) is 44.9 Å². The van der Waals surface area contributed by atoms with E-state index >= 15 is 0 Å². The monoisotopic (exact) mass is 673 g/mol. The third-order valence-corrected chi connectivity index (χ3v) is 10.1. The molecule has 0 N–H and O–H groups in total. The number of imidazole rings is 1. The first-order valence-corrected chi connectivity index (χ1v) is 16.8. The first-order chi connectivity index (χ1) is 22.4. The van der Waals surface area contributed by atoms with Crippen molar-refractivity contribution in [3.05, 3.63) is 43.0 Å². The zero-order valence-corrected chi connectivity index (χ0v) is 30.4. The Bertz CT molecular complexity index is 1340. The topological polar surface area (TPSA) is 135 Å². The molecule has 0 spiro atoms. The average Bonchev–Trinajstić information content (AvgIpc) is 3.60. The van der Waals surface area contributed by atoms with Gasteiger partial charge in [-0.05, 0) is 78.8 Å². The number of carbonyl (C=O) groups excluding carboxylic acids is 4. The molecule has 268 valence electrons. The quantitative estimate of drug-likeness (QED) is 0.220. The molecule has 0 aliphatic carbocycles. The number of ether oxygens (including phenoxy) is 5. The summed E-state index contributed by atoms with van der Waals surface area (Å²) in [6.45, 7) is 18.1. The lowest BCUT2D eigenvalue weighted by Crippen LogP contribution is -2.57. The molecule has 48 heavy (non-hydrogen) atoms. The van der Waals surface area contributed by atoms with Crippen LogP contribution in [0.4, 0.5) is 4.79 Å². The number of cyclic esters (lactones) is 1. The number of aromatic nitrogens is 2. The second kappa shape index (κ2) is 16.0. The first kappa shape index (κ1) is 39.3. The Balaban J connectivity index is 2.14. The van der Waals surface area contributed by atoms with Crippen molar-refractivity contribution in [2.45, 2.75) is 116 Å². The predicted octanol–water partition coefficient (Wildman–Crippen LogP) is 5.00. The minimum Gasteiger partial charge on any atom is -0.457 e. The lowest BCUT2D eigenvalue weighted by Gasteiger charge is -2.47. The smallest absolute Gasteiger partial charge is 0.420 e. The summed E-state index contributed by atoms with van der Waals surface area (Å²) in [6, 6.07) is 0.165. The van der Waals surface area contributed by atoms with Crippen LogP contribution in [0.15, 0.2) is 43.0 Å². The van der Waals surface area contributed by atoms with Gasteiger partial charge in [-0.15, -0.1) is 0 Å². The summed E-state index contributed by atoms with van der Waals surface area (Å²) in [7, 11) is 5.56. The van der Waals surface area contributed by atoms with E-state index in [0.29, 0.717) is 0 Å². The summed E-state index contributed by atoms with van der Waals surface area (Å²) >= 11 is 0. The fraction of sp³-hybridized carbons (Fsp3) is 0.694. The van der Waals surface area contributed by atoms with Crippen LogP contribution < -0.4 is 0 Å². The zero-order chi connectivity index (χ0) is 36.1. The molecular weight excluding hydrogens is 618 g/mol. The van der Waals surface area contributed by atoms with Gasteiger partial charge in [0.05, 0.1) is 17.8 Å². The highest BCUT2D eigenvalue weighted by atomic mass is 16.7. The van der Waals surface area contributed by atoms with E-state index in [1.54, 1.807) is 27.7 Å².